The van der Waals surface area contributed by atoms with Crippen LogP contribution in [0.15, 0.2) is 24.3 Å². The Bertz CT molecular complexity index is 441. The van der Waals surface area contributed by atoms with Crippen LogP contribution in [-0.2, 0) is 4.79 Å². The summed E-state index contributed by atoms with van der Waals surface area (Å²) in [7, 11) is 0. The van der Waals surface area contributed by atoms with Crippen LogP contribution in [0.25, 0.3) is 0 Å². The maximum Gasteiger partial charge on any atom is 0.238 e. The molecule has 3 nitrogen and oxygen atoms in total. The lowest BCUT2D eigenvalue weighted by Crippen LogP contribution is -2.45. The van der Waals surface area contributed by atoms with Gasteiger partial charge in [-0.15, -0.1) is 0 Å². The number of nitrogens with one attached hydrogen (secondary N) is 2. The quantitative estimate of drug-likeness (QED) is 0.843. The lowest BCUT2D eigenvalue weighted by molar-refractivity contribution is -0.115. The van der Waals surface area contributed by atoms with Gasteiger partial charge in [-0.25, -0.2) is 4.39 Å². The summed E-state index contributed by atoms with van der Waals surface area (Å²) in [6.07, 6.45) is 2.46. The zero-order chi connectivity index (χ0) is 13.2. The van der Waals surface area contributed by atoms with Gasteiger partial charge in [0.15, 0.2) is 0 Å². The fourth-order valence-corrected chi connectivity index (χ4v) is 2.03. The summed E-state index contributed by atoms with van der Waals surface area (Å²) in [6.45, 7) is 4.47. The highest BCUT2D eigenvalue weighted by Crippen LogP contribution is 2.38. The molecule has 98 valence electrons. The van der Waals surface area contributed by atoms with Crippen LogP contribution < -0.4 is 10.6 Å². The second-order valence-electron chi connectivity index (χ2n) is 5.41. The molecule has 2 N–H and O–H groups in total. The minimum atomic E-state index is -0.348. The number of hydrogen-bond acceptors (Lipinski definition) is 2. The first kappa shape index (κ1) is 13.0. The van der Waals surface area contributed by atoms with Gasteiger partial charge in [0.1, 0.15) is 5.82 Å². The number of benzene rings is 1. The number of anilines is 1. The molecule has 1 amide bonds. The maximum absolute atomic E-state index is 12.9. The van der Waals surface area contributed by atoms with E-state index in [1.54, 1.807) is 12.1 Å². The van der Waals surface area contributed by atoms with E-state index in [0.29, 0.717) is 11.6 Å². The molecule has 1 aliphatic carbocycles. The van der Waals surface area contributed by atoms with E-state index in [2.05, 4.69) is 24.5 Å². The Balaban J connectivity index is 1.82. The molecular formula is C14H19FN2O. The van der Waals surface area contributed by atoms with Gasteiger partial charge in [0.25, 0.3) is 0 Å². The van der Waals surface area contributed by atoms with Crippen molar-refractivity contribution in [3.63, 3.8) is 0 Å². The van der Waals surface area contributed by atoms with Crippen LogP contribution in [0.4, 0.5) is 10.1 Å². The van der Waals surface area contributed by atoms with E-state index in [9.17, 15) is 9.18 Å². The summed E-state index contributed by atoms with van der Waals surface area (Å²) < 4.78 is 12.9. The molecule has 0 saturated heterocycles. The van der Waals surface area contributed by atoms with Crippen molar-refractivity contribution in [1.82, 2.24) is 5.32 Å². The van der Waals surface area contributed by atoms with E-state index < -0.39 is 0 Å². The molecule has 0 aliphatic heterocycles. The van der Waals surface area contributed by atoms with E-state index in [0.717, 1.165) is 0 Å². The predicted octanol–water partition coefficient (Wildman–Crippen LogP) is 2.54. The Kier molecular flexibility index (Phi) is 3.66. The molecule has 1 aliphatic rings. The van der Waals surface area contributed by atoms with Gasteiger partial charge >= 0.3 is 0 Å². The number of halogens is 1. The molecule has 18 heavy (non-hydrogen) atoms. The Morgan fingerprint density at radius 2 is 2.17 bits per heavy atom. The van der Waals surface area contributed by atoms with Crippen molar-refractivity contribution in [2.75, 3.05) is 11.9 Å². The molecule has 0 heterocycles. The third kappa shape index (κ3) is 3.53. The molecule has 1 aromatic carbocycles. The lowest BCUT2D eigenvalue weighted by Gasteiger charge is -2.25. The molecule has 1 aromatic rings. The summed E-state index contributed by atoms with van der Waals surface area (Å²) in [5, 5.41) is 5.92. The zero-order valence-electron chi connectivity index (χ0n) is 10.8. The maximum atomic E-state index is 12.9. The van der Waals surface area contributed by atoms with Gasteiger partial charge in [-0.2, -0.15) is 0 Å². The van der Waals surface area contributed by atoms with Crippen LogP contribution in [0.1, 0.15) is 26.7 Å². The summed E-state index contributed by atoms with van der Waals surface area (Å²) in [5.41, 5.74) is 0.491. The first-order valence-electron chi connectivity index (χ1n) is 6.28. The monoisotopic (exact) mass is 250 g/mol. The standard InChI is InChI=1S/C14H19FN2O/c1-14(2,10-6-7-10)16-9-13(18)17-12-5-3-4-11(15)8-12/h3-5,8,10,16H,6-7,9H2,1-2H3,(H,17,18). The molecule has 0 radical (unpaired) electrons. The number of amides is 1. The number of carbonyl (C=O) groups excluding carboxylic acids is 1. The molecule has 4 heteroatoms. The lowest BCUT2D eigenvalue weighted by atomic mass is 9.99. The largest absolute Gasteiger partial charge is 0.325 e. The Hall–Kier alpha value is -1.42. The van der Waals surface area contributed by atoms with Crippen LogP contribution >= 0.6 is 0 Å². The van der Waals surface area contributed by atoms with Crippen LogP contribution in [0.2, 0.25) is 0 Å². The number of hydrogen-bond donors (Lipinski definition) is 2. The average molecular weight is 250 g/mol. The molecule has 1 fully saturated rings. The van der Waals surface area contributed by atoms with Crippen molar-refractivity contribution >= 4 is 11.6 Å². The highest BCUT2D eigenvalue weighted by molar-refractivity contribution is 5.92. The van der Waals surface area contributed by atoms with Crippen LogP contribution in [0.3, 0.4) is 0 Å². The van der Waals surface area contributed by atoms with Crippen molar-refractivity contribution in [3.8, 4) is 0 Å². The number of rotatable bonds is 5. The van der Waals surface area contributed by atoms with Crippen LogP contribution in [-0.4, -0.2) is 18.0 Å². The van der Waals surface area contributed by atoms with Crippen molar-refractivity contribution in [2.24, 2.45) is 5.92 Å². The first-order chi connectivity index (χ1) is 8.47. The molecular weight excluding hydrogens is 231 g/mol. The highest BCUT2D eigenvalue weighted by atomic mass is 19.1. The Labute approximate surface area is 107 Å². The van der Waals surface area contributed by atoms with E-state index in [1.165, 1.54) is 25.0 Å². The van der Waals surface area contributed by atoms with Gasteiger partial charge in [0, 0.05) is 11.2 Å². The van der Waals surface area contributed by atoms with Crippen molar-refractivity contribution in [2.45, 2.75) is 32.2 Å². The normalized spacial score (nSPS) is 15.5. The van der Waals surface area contributed by atoms with Gasteiger partial charge in [0.05, 0.1) is 6.54 Å². The van der Waals surface area contributed by atoms with E-state index >= 15 is 0 Å². The van der Waals surface area contributed by atoms with E-state index in [1.807, 2.05) is 0 Å². The molecule has 0 bridgehead atoms. The van der Waals surface area contributed by atoms with E-state index in [4.69, 9.17) is 0 Å². The topological polar surface area (TPSA) is 41.1 Å². The second-order valence-corrected chi connectivity index (χ2v) is 5.41. The van der Waals surface area contributed by atoms with Gasteiger partial charge < -0.3 is 10.6 Å². The van der Waals surface area contributed by atoms with Gasteiger partial charge in [-0.05, 0) is 50.8 Å². The van der Waals surface area contributed by atoms with Crippen molar-refractivity contribution < 1.29 is 9.18 Å². The zero-order valence-corrected chi connectivity index (χ0v) is 10.8. The van der Waals surface area contributed by atoms with Gasteiger partial charge in [0.2, 0.25) is 5.91 Å². The molecule has 0 spiro atoms. The summed E-state index contributed by atoms with van der Waals surface area (Å²) in [4.78, 5) is 11.7. The van der Waals surface area contributed by atoms with Crippen molar-refractivity contribution in [3.05, 3.63) is 30.1 Å². The average Bonchev–Trinajstić information content (AvgIpc) is 3.10. The van der Waals surface area contributed by atoms with Gasteiger partial charge in [-0.3, -0.25) is 4.79 Å². The molecule has 0 atom stereocenters. The second kappa shape index (κ2) is 5.06. The van der Waals surface area contributed by atoms with Crippen LogP contribution in [0, 0.1) is 11.7 Å². The summed E-state index contributed by atoms with van der Waals surface area (Å²) >= 11 is 0. The molecule has 0 unspecified atom stereocenters. The third-order valence-corrected chi connectivity index (χ3v) is 3.41. The predicted molar refractivity (Wildman–Crippen MR) is 69.8 cm³/mol. The SMILES string of the molecule is CC(C)(NCC(=O)Nc1cccc(F)c1)C1CC1. The Morgan fingerprint density at radius 3 is 2.78 bits per heavy atom. The fourth-order valence-electron chi connectivity index (χ4n) is 2.03. The molecule has 1 saturated carbocycles. The highest BCUT2D eigenvalue weighted by Gasteiger charge is 2.37. The molecule has 2 rings (SSSR count). The number of carbonyl (C=O) groups is 1. The van der Waals surface area contributed by atoms with Crippen molar-refractivity contribution in [1.29, 1.82) is 0 Å². The minimum absolute atomic E-state index is 0.000716. The van der Waals surface area contributed by atoms with E-state index in [-0.39, 0.29) is 23.8 Å². The summed E-state index contributed by atoms with van der Waals surface area (Å²) in [6, 6.07) is 5.91. The first-order valence-corrected chi connectivity index (χ1v) is 6.28. The fraction of sp³-hybridized carbons (Fsp3) is 0.500. The minimum Gasteiger partial charge on any atom is -0.325 e. The molecule has 0 aromatic heterocycles. The Morgan fingerprint density at radius 1 is 1.44 bits per heavy atom. The third-order valence-electron chi connectivity index (χ3n) is 3.41. The smallest absolute Gasteiger partial charge is 0.238 e. The van der Waals surface area contributed by atoms with Gasteiger partial charge in [-0.1, -0.05) is 6.07 Å². The summed E-state index contributed by atoms with van der Waals surface area (Å²) in [5.74, 6) is 0.174. The van der Waals surface area contributed by atoms with Crippen LogP contribution in [0.5, 0.6) is 0 Å².